The molecule has 1 heterocycles. The van der Waals surface area contributed by atoms with Crippen LogP contribution in [-0.2, 0) is 6.42 Å². The highest BCUT2D eigenvalue weighted by molar-refractivity contribution is 6.30. The van der Waals surface area contributed by atoms with Crippen molar-refractivity contribution in [3.8, 4) is 5.75 Å². The predicted octanol–water partition coefficient (Wildman–Crippen LogP) is 4.05. The van der Waals surface area contributed by atoms with Gasteiger partial charge in [-0.1, -0.05) is 23.7 Å². The number of benzene rings is 2. The molecule has 0 aliphatic carbocycles. The summed E-state index contributed by atoms with van der Waals surface area (Å²) in [4.78, 5) is 20.5. The number of ether oxygens (including phenoxy) is 1. The topological polar surface area (TPSA) is 76.1 Å². The summed E-state index contributed by atoms with van der Waals surface area (Å²) in [5.41, 5.74) is 2.11. The van der Waals surface area contributed by atoms with E-state index in [-0.39, 0.29) is 11.6 Å². The third-order valence-corrected chi connectivity index (χ3v) is 4.13. The molecule has 0 aliphatic heterocycles. The number of nitrogens with one attached hydrogen (secondary N) is 2. The van der Waals surface area contributed by atoms with Crippen LogP contribution in [0.15, 0.2) is 60.9 Å². The van der Waals surface area contributed by atoms with Gasteiger partial charge in [0, 0.05) is 23.3 Å². The van der Waals surface area contributed by atoms with Crippen LogP contribution in [-0.4, -0.2) is 29.5 Å². The van der Waals surface area contributed by atoms with Gasteiger partial charge in [0.2, 0.25) is 0 Å². The molecule has 0 saturated heterocycles. The number of carbonyl (C=O) groups is 1. The molecule has 0 saturated carbocycles. The SMILES string of the molecule is COc1ccc(CCNc2cc(C(=O)Nc3ccc(Cl)cc3)ncn2)cc1. The Kier molecular flexibility index (Phi) is 6.22. The first-order valence-corrected chi connectivity index (χ1v) is 8.77. The molecule has 2 N–H and O–H groups in total. The lowest BCUT2D eigenvalue weighted by molar-refractivity contribution is 0.102. The van der Waals surface area contributed by atoms with Crippen LogP contribution in [0, 0.1) is 0 Å². The first-order valence-electron chi connectivity index (χ1n) is 8.40. The molecule has 3 aromatic rings. The summed E-state index contributed by atoms with van der Waals surface area (Å²) in [5, 5.41) is 6.60. The van der Waals surface area contributed by atoms with Crippen molar-refractivity contribution in [2.45, 2.75) is 6.42 Å². The average molecular weight is 383 g/mol. The van der Waals surface area contributed by atoms with Gasteiger partial charge in [-0.15, -0.1) is 0 Å². The van der Waals surface area contributed by atoms with Gasteiger partial charge in [0.25, 0.3) is 5.91 Å². The molecule has 0 unspecified atom stereocenters. The Morgan fingerprint density at radius 3 is 2.52 bits per heavy atom. The predicted molar refractivity (Wildman–Crippen MR) is 107 cm³/mol. The van der Waals surface area contributed by atoms with Gasteiger partial charge < -0.3 is 15.4 Å². The lowest BCUT2D eigenvalue weighted by Crippen LogP contribution is -2.15. The van der Waals surface area contributed by atoms with Crippen LogP contribution in [0.3, 0.4) is 0 Å². The molecule has 0 spiro atoms. The van der Waals surface area contributed by atoms with Gasteiger partial charge in [0.05, 0.1) is 7.11 Å². The van der Waals surface area contributed by atoms with Crippen LogP contribution in [0.5, 0.6) is 5.75 Å². The molecule has 1 amide bonds. The van der Waals surface area contributed by atoms with Crippen LogP contribution in [0.4, 0.5) is 11.5 Å². The van der Waals surface area contributed by atoms with E-state index in [0.717, 1.165) is 12.2 Å². The van der Waals surface area contributed by atoms with Crippen LogP contribution >= 0.6 is 11.6 Å². The van der Waals surface area contributed by atoms with Crippen LogP contribution < -0.4 is 15.4 Å². The minimum Gasteiger partial charge on any atom is -0.497 e. The van der Waals surface area contributed by atoms with E-state index in [4.69, 9.17) is 16.3 Å². The quantitative estimate of drug-likeness (QED) is 0.644. The van der Waals surface area contributed by atoms with Crippen LogP contribution in [0.25, 0.3) is 0 Å². The van der Waals surface area contributed by atoms with Crippen molar-refractivity contribution in [1.82, 2.24) is 9.97 Å². The Hall–Kier alpha value is -3.12. The fraction of sp³-hybridized carbons (Fsp3) is 0.150. The second-order valence-electron chi connectivity index (χ2n) is 5.77. The van der Waals surface area contributed by atoms with E-state index < -0.39 is 0 Å². The number of anilines is 2. The minimum absolute atomic E-state index is 0.284. The smallest absolute Gasteiger partial charge is 0.274 e. The molecule has 6 nitrogen and oxygen atoms in total. The molecular weight excluding hydrogens is 364 g/mol. The maximum absolute atomic E-state index is 12.3. The third-order valence-electron chi connectivity index (χ3n) is 3.88. The van der Waals surface area contributed by atoms with Crippen molar-refractivity contribution in [3.63, 3.8) is 0 Å². The minimum atomic E-state index is -0.307. The molecular formula is C20H19ClN4O2. The molecule has 7 heteroatoms. The summed E-state index contributed by atoms with van der Waals surface area (Å²) in [6, 6.07) is 16.4. The Balaban J connectivity index is 1.56. The Bertz CT molecular complexity index is 899. The fourth-order valence-electron chi connectivity index (χ4n) is 2.43. The van der Waals surface area contributed by atoms with Gasteiger partial charge >= 0.3 is 0 Å². The zero-order valence-corrected chi connectivity index (χ0v) is 15.5. The van der Waals surface area contributed by atoms with E-state index in [1.165, 1.54) is 11.9 Å². The maximum Gasteiger partial charge on any atom is 0.274 e. The van der Waals surface area contributed by atoms with Gasteiger partial charge in [-0.2, -0.15) is 0 Å². The van der Waals surface area contributed by atoms with Crippen molar-refractivity contribution in [1.29, 1.82) is 0 Å². The molecule has 3 rings (SSSR count). The molecule has 0 radical (unpaired) electrons. The number of rotatable bonds is 7. The lowest BCUT2D eigenvalue weighted by atomic mass is 10.1. The normalized spacial score (nSPS) is 10.3. The zero-order chi connectivity index (χ0) is 19.1. The van der Waals surface area contributed by atoms with E-state index in [1.54, 1.807) is 37.4 Å². The summed E-state index contributed by atoms with van der Waals surface area (Å²) in [7, 11) is 1.65. The van der Waals surface area contributed by atoms with E-state index in [9.17, 15) is 4.79 Å². The van der Waals surface area contributed by atoms with Gasteiger partial charge in [0.15, 0.2) is 0 Å². The number of carbonyl (C=O) groups excluding carboxylic acids is 1. The van der Waals surface area contributed by atoms with Gasteiger partial charge in [-0.05, 0) is 48.4 Å². The molecule has 1 aromatic heterocycles. The van der Waals surface area contributed by atoms with Crippen molar-refractivity contribution < 1.29 is 9.53 Å². The Morgan fingerprint density at radius 2 is 1.81 bits per heavy atom. The third kappa shape index (κ3) is 5.43. The average Bonchev–Trinajstić information content (AvgIpc) is 2.70. The number of methoxy groups -OCH3 is 1. The summed E-state index contributed by atoms with van der Waals surface area (Å²) in [5.74, 6) is 1.12. The van der Waals surface area contributed by atoms with E-state index in [1.807, 2.05) is 24.3 Å². The number of hydrogen-bond acceptors (Lipinski definition) is 5. The standard InChI is InChI=1S/C20H19ClN4O2/c1-27-17-8-2-14(3-9-17)10-11-22-19-12-18(23-13-24-19)20(26)25-16-6-4-15(21)5-7-16/h2-9,12-13H,10-11H2,1H3,(H,25,26)(H,22,23,24). The fourth-order valence-corrected chi connectivity index (χ4v) is 2.56. The monoisotopic (exact) mass is 382 g/mol. The number of aromatic nitrogens is 2. The lowest BCUT2D eigenvalue weighted by Gasteiger charge is -2.08. The molecule has 138 valence electrons. The molecule has 0 aliphatic rings. The summed E-state index contributed by atoms with van der Waals surface area (Å²) in [6.07, 6.45) is 2.19. The second-order valence-corrected chi connectivity index (χ2v) is 6.21. The number of halogens is 1. The Labute approximate surface area is 162 Å². The first kappa shape index (κ1) is 18.7. The molecule has 0 atom stereocenters. The highest BCUT2D eigenvalue weighted by Gasteiger charge is 2.09. The van der Waals surface area contributed by atoms with Gasteiger partial charge in [0.1, 0.15) is 23.6 Å². The summed E-state index contributed by atoms with van der Waals surface area (Å²) < 4.78 is 5.15. The second kappa shape index (κ2) is 9.00. The van der Waals surface area contributed by atoms with E-state index in [0.29, 0.717) is 23.1 Å². The molecule has 0 fully saturated rings. The Morgan fingerprint density at radius 1 is 1.07 bits per heavy atom. The number of amides is 1. The maximum atomic E-state index is 12.3. The number of nitrogens with zero attached hydrogens (tertiary/aromatic N) is 2. The van der Waals surface area contributed by atoms with Crippen LogP contribution in [0.2, 0.25) is 5.02 Å². The highest BCUT2D eigenvalue weighted by atomic mass is 35.5. The largest absolute Gasteiger partial charge is 0.497 e. The number of hydrogen-bond donors (Lipinski definition) is 2. The molecule has 27 heavy (non-hydrogen) atoms. The van der Waals surface area contributed by atoms with Crippen molar-refractivity contribution in [2.24, 2.45) is 0 Å². The molecule has 0 bridgehead atoms. The highest BCUT2D eigenvalue weighted by Crippen LogP contribution is 2.15. The van der Waals surface area contributed by atoms with Crippen molar-refractivity contribution in [3.05, 3.63) is 77.2 Å². The summed E-state index contributed by atoms with van der Waals surface area (Å²) in [6.45, 7) is 0.682. The zero-order valence-electron chi connectivity index (χ0n) is 14.8. The van der Waals surface area contributed by atoms with Crippen LogP contribution in [0.1, 0.15) is 16.1 Å². The van der Waals surface area contributed by atoms with E-state index in [2.05, 4.69) is 20.6 Å². The van der Waals surface area contributed by atoms with Gasteiger partial charge in [-0.25, -0.2) is 9.97 Å². The van der Waals surface area contributed by atoms with Gasteiger partial charge in [-0.3, -0.25) is 4.79 Å². The van der Waals surface area contributed by atoms with E-state index >= 15 is 0 Å². The van der Waals surface area contributed by atoms with Crippen molar-refractivity contribution >= 4 is 29.0 Å². The first-order chi connectivity index (χ1) is 13.1. The van der Waals surface area contributed by atoms with Crippen molar-refractivity contribution in [2.75, 3.05) is 24.3 Å². The summed E-state index contributed by atoms with van der Waals surface area (Å²) >= 11 is 5.85. The molecule has 2 aromatic carbocycles.